The van der Waals surface area contributed by atoms with E-state index >= 15 is 0 Å². The third-order valence-corrected chi connectivity index (χ3v) is 6.03. The molecule has 0 saturated carbocycles. The lowest BCUT2D eigenvalue weighted by Gasteiger charge is -2.29. The molecule has 1 aliphatic heterocycles. The van der Waals surface area contributed by atoms with Gasteiger partial charge in [0.1, 0.15) is 18.1 Å². The summed E-state index contributed by atoms with van der Waals surface area (Å²) < 4.78 is 0. The number of carbonyl (C=O) groups excluding carboxylic acids is 3. The summed E-state index contributed by atoms with van der Waals surface area (Å²) in [5.74, 6) is -4.84. The van der Waals surface area contributed by atoms with Gasteiger partial charge in [0.2, 0.25) is 17.7 Å². The number of benzene rings is 1. The fraction of sp³-hybridized carbons (Fsp3) is 0.500. The Morgan fingerprint density at radius 2 is 1.74 bits per heavy atom. The lowest BCUT2D eigenvalue weighted by Crippen LogP contribution is -2.57. The van der Waals surface area contributed by atoms with Gasteiger partial charge < -0.3 is 42.9 Å². The van der Waals surface area contributed by atoms with Gasteiger partial charge in [0.05, 0.1) is 12.5 Å². The molecule has 2 rings (SSSR count). The fourth-order valence-electron chi connectivity index (χ4n) is 4.12. The van der Waals surface area contributed by atoms with Gasteiger partial charge in [-0.15, -0.1) is 0 Å². The molecule has 1 heterocycles. The summed E-state index contributed by atoms with van der Waals surface area (Å²) in [5.41, 5.74) is 17.1. The molecule has 1 aromatic carbocycles. The number of hydrogen-bond donors (Lipinski definition) is 7. The van der Waals surface area contributed by atoms with Gasteiger partial charge in [-0.3, -0.25) is 24.2 Å². The molecule has 0 radical (unpaired) electrons. The van der Waals surface area contributed by atoms with Crippen LogP contribution in [0, 0.1) is 0 Å². The molecule has 1 saturated heterocycles. The number of carboxylic acid groups (broad SMARTS) is 2. The van der Waals surface area contributed by atoms with E-state index in [-0.39, 0.29) is 38.3 Å². The SMILES string of the molecule is NC(N)=NCCCC(N)C(=O)NC(CC(=O)O)C(=O)N1CCCC1C(=O)NC(Cc1ccccc1)C(=O)O. The number of hydrogen-bond acceptors (Lipinski definition) is 7. The van der Waals surface area contributed by atoms with E-state index in [0.29, 0.717) is 18.4 Å². The van der Waals surface area contributed by atoms with Crippen molar-refractivity contribution < 1.29 is 34.2 Å². The summed E-state index contributed by atoms with van der Waals surface area (Å²) >= 11 is 0. The quantitative estimate of drug-likeness (QED) is 0.0797. The minimum absolute atomic E-state index is 0.0430. The maximum absolute atomic E-state index is 13.3. The summed E-state index contributed by atoms with van der Waals surface area (Å²) in [4.78, 5) is 67.0. The van der Waals surface area contributed by atoms with Gasteiger partial charge in [0.25, 0.3) is 0 Å². The number of rotatable bonds is 14. The normalized spacial score (nSPS) is 17.1. The number of carbonyl (C=O) groups is 5. The second kappa shape index (κ2) is 14.5. The highest BCUT2D eigenvalue weighted by Crippen LogP contribution is 2.20. The Morgan fingerprint density at radius 1 is 1.05 bits per heavy atom. The summed E-state index contributed by atoms with van der Waals surface area (Å²) in [6.07, 6.45) is 0.588. The molecule has 3 amide bonds. The van der Waals surface area contributed by atoms with Gasteiger partial charge in [-0.25, -0.2) is 4.79 Å². The third kappa shape index (κ3) is 9.35. The summed E-state index contributed by atoms with van der Waals surface area (Å²) in [6.45, 7) is 0.386. The van der Waals surface area contributed by atoms with E-state index in [1.807, 2.05) is 0 Å². The molecule has 1 fully saturated rings. The van der Waals surface area contributed by atoms with Crippen molar-refractivity contribution in [2.45, 2.75) is 62.7 Å². The molecule has 14 nitrogen and oxygen atoms in total. The fourth-order valence-corrected chi connectivity index (χ4v) is 4.12. The predicted octanol–water partition coefficient (Wildman–Crippen LogP) is -1.87. The van der Waals surface area contributed by atoms with Crippen LogP contribution in [0.15, 0.2) is 35.3 Å². The van der Waals surface area contributed by atoms with Crippen molar-refractivity contribution >= 4 is 35.6 Å². The number of nitrogens with one attached hydrogen (secondary N) is 2. The average Bonchev–Trinajstić information content (AvgIpc) is 3.35. The van der Waals surface area contributed by atoms with E-state index in [1.54, 1.807) is 30.3 Å². The van der Waals surface area contributed by atoms with Crippen molar-refractivity contribution in [1.29, 1.82) is 0 Å². The Morgan fingerprint density at radius 3 is 2.34 bits per heavy atom. The van der Waals surface area contributed by atoms with Gasteiger partial charge in [-0.05, 0) is 31.2 Å². The van der Waals surface area contributed by atoms with Crippen LogP contribution in [0.1, 0.15) is 37.7 Å². The largest absolute Gasteiger partial charge is 0.481 e. The molecule has 4 unspecified atom stereocenters. The maximum atomic E-state index is 13.3. The first-order chi connectivity index (χ1) is 18.0. The van der Waals surface area contributed by atoms with Crippen molar-refractivity contribution in [3.05, 3.63) is 35.9 Å². The zero-order valence-corrected chi connectivity index (χ0v) is 20.9. The van der Waals surface area contributed by atoms with E-state index in [9.17, 15) is 34.2 Å². The smallest absolute Gasteiger partial charge is 0.326 e. The highest BCUT2D eigenvalue weighted by molar-refractivity contribution is 5.96. The van der Waals surface area contributed by atoms with Crippen molar-refractivity contribution in [3.8, 4) is 0 Å². The zero-order chi connectivity index (χ0) is 28.2. The van der Waals surface area contributed by atoms with Gasteiger partial charge in [0, 0.05) is 19.5 Å². The van der Waals surface area contributed by atoms with Gasteiger partial charge >= 0.3 is 11.9 Å². The highest BCUT2D eigenvalue weighted by atomic mass is 16.4. The second-order valence-electron chi connectivity index (χ2n) is 8.99. The van der Waals surface area contributed by atoms with Crippen LogP contribution >= 0.6 is 0 Å². The Balaban J connectivity index is 2.07. The van der Waals surface area contributed by atoms with E-state index in [2.05, 4.69) is 15.6 Å². The van der Waals surface area contributed by atoms with Crippen LogP contribution in [0.4, 0.5) is 0 Å². The lowest BCUT2D eigenvalue weighted by molar-refractivity contribution is -0.147. The van der Waals surface area contributed by atoms with E-state index in [1.165, 1.54) is 4.90 Å². The van der Waals surface area contributed by atoms with Crippen LogP contribution in [0.25, 0.3) is 0 Å². The van der Waals surface area contributed by atoms with Crippen LogP contribution < -0.4 is 27.8 Å². The maximum Gasteiger partial charge on any atom is 0.326 e. The van der Waals surface area contributed by atoms with Crippen LogP contribution in [0.5, 0.6) is 0 Å². The number of guanidine groups is 1. The summed E-state index contributed by atoms with van der Waals surface area (Å²) in [7, 11) is 0. The molecule has 38 heavy (non-hydrogen) atoms. The predicted molar refractivity (Wildman–Crippen MR) is 137 cm³/mol. The number of nitrogens with two attached hydrogens (primary N) is 3. The van der Waals surface area contributed by atoms with Crippen LogP contribution in [0.3, 0.4) is 0 Å². The first-order valence-corrected chi connectivity index (χ1v) is 12.2. The number of amides is 3. The minimum Gasteiger partial charge on any atom is -0.481 e. The van der Waals surface area contributed by atoms with Gasteiger partial charge in [0.15, 0.2) is 5.96 Å². The molecule has 0 bridgehead atoms. The Kier molecular flexibility index (Phi) is 11.5. The average molecular weight is 534 g/mol. The van der Waals surface area contributed by atoms with Crippen LogP contribution in [0.2, 0.25) is 0 Å². The second-order valence-corrected chi connectivity index (χ2v) is 8.99. The topological polar surface area (TPSA) is 244 Å². The van der Waals surface area contributed by atoms with E-state index < -0.39 is 60.2 Å². The first-order valence-electron chi connectivity index (χ1n) is 12.2. The molecule has 4 atom stereocenters. The highest BCUT2D eigenvalue weighted by Gasteiger charge is 2.39. The molecule has 14 heteroatoms. The van der Waals surface area contributed by atoms with Crippen molar-refractivity contribution in [1.82, 2.24) is 15.5 Å². The number of aliphatic imine (C=N–C) groups is 1. The number of nitrogens with zero attached hydrogens (tertiary/aromatic N) is 2. The van der Waals surface area contributed by atoms with Crippen LogP contribution in [-0.2, 0) is 30.4 Å². The lowest BCUT2D eigenvalue weighted by atomic mass is 10.0. The standard InChI is InChI=1S/C24H35N7O7/c25-15(8-4-10-28-24(26)27)20(34)29-16(13-19(32)33)22(36)31-11-5-9-18(31)21(35)30-17(23(37)38)12-14-6-2-1-3-7-14/h1-3,6-7,15-18H,4-5,8-13,25H2,(H,29,34)(H,30,35)(H,32,33)(H,37,38)(H4,26,27,28). The monoisotopic (exact) mass is 533 g/mol. The van der Waals surface area contributed by atoms with Crippen LogP contribution in [-0.4, -0.2) is 88.0 Å². The molecule has 10 N–H and O–H groups in total. The molecule has 0 aliphatic carbocycles. The molecule has 0 spiro atoms. The third-order valence-electron chi connectivity index (χ3n) is 6.03. The van der Waals surface area contributed by atoms with E-state index in [0.717, 1.165) is 0 Å². The van der Waals surface area contributed by atoms with Crippen molar-refractivity contribution in [3.63, 3.8) is 0 Å². The number of carboxylic acids is 2. The van der Waals surface area contributed by atoms with Crippen molar-refractivity contribution in [2.24, 2.45) is 22.2 Å². The summed E-state index contributed by atoms with van der Waals surface area (Å²) in [6, 6.07) is 4.01. The zero-order valence-electron chi connectivity index (χ0n) is 20.9. The number of likely N-dealkylation sites (tertiary alicyclic amines) is 1. The summed E-state index contributed by atoms with van der Waals surface area (Å²) in [5, 5.41) is 23.8. The molecular weight excluding hydrogens is 498 g/mol. The molecule has 1 aromatic rings. The van der Waals surface area contributed by atoms with Crippen molar-refractivity contribution in [2.75, 3.05) is 13.1 Å². The molecule has 208 valence electrons. The Hall–Kier alpha value is -4.20. The molecule has 1 aliphatic rings. The first kappa shape index (κ1) is 30.0. The van der Waals surface area contributed by atoms with Gasteiger partial charge in [-0.1, -0.05) is 30.3 Å². The number of aliphatic carboxylic acids is 2. The van der Waals surface area contributed by atoms with Gasteiger partial charge in [-0.2, -0.15) is 0 Å². The molecule has 0 aromatic heterocycles. The minimum atomic E-state index is -1.46. The Bertz CT molecular complexity index is 1030. The van der Waals surface area contributed by atoms with E-state index in [4.69, 9.17) is 17.2 Å². The Labute approximate surface area is 219 Å². The molecular formula is C24H35N7O7.